The van der Waals surface area contributed by atoms with Crippen molar-refractivity contribution in [2.45, 2.75) is 0 Å². The third-order valence-corrected chi connectivity index (χ3v) is 0.869. The van der Waals surface area contributed by atoms with Crippen LogP contribution in [0.2, 0.25) is 0 Å². The Labute approximate surface area is 59.5 Å². The Morgan fingerprint density at radius 2 is 2.33 bits per heavy atom. The van der Waals surface area contributed by atoms with Gasteiger partial charge in [0, 0.05) is 37.8 Å². The number of nitrogens with zero attached hydrogens (tertiary/aromatic N) is 1. The van der Waals surface area contributed by atoms with Crippen LogP contribution < -0.4 is 0 Å². The predicted molar refractivity (Wildman–Crippen MR) is 27.9 cm³/mol. The Balaban J connectivity index is 0.000000250. The van der Waals surface area contributed by atoms with E-state index in [0.29, 0.717) is 0 Å². The van der Waals surface area contributed by atoms with E-state index in [-0.39, 0.29) is 26.2 Å². The molecule has 0 amide bonds. The van der Waals surface area contributed by atoms with Crippen molar-refractivity contribution < 1.29 is 0 Å². The Kier molecular flexibility index (Phi) is 4.01. The molecule has 1 aromatic rings. The summed E-state index contributed by atoms with van der Waals surface area (Å²) < 4.78 is 0. The average Bonchev–Trinajstić information content (AvgIpc) is 1.76. The van der Waals surface area contributed by atoms with Gasteiger partial charge in [-0.15, -0.1) is 11.3 Å². The summed E-state index contributed by atoms with van der Waals surface area (Å²) >= 11 is 1.60. The van der Waals surface area contributed by atoms with Crippen molar-refractivity contribution in [3.05, 3.63) is 17.1 Å². The van der Waals surface area contributed by atoms with Crippen molar-refractivity contribution in [2.75, 3.05) is 0 Å². The Morgan fingerprint density at radius 1 is 1.50 bits per heavy atom. The van der Waals surface area contributed by atoms with Gasteiger partial charge in [0.2, 0.25) is 0 Å². The first-order valence-corrected chi connectivity index (χ1v) is 2.26. The van der Waals surface area contributed by atoms with Gasteiger partial charge in [-0.2, -0.15) is 0 Å². The van der Waals surface area contributed by atoms with Gasteiger partial charge in [0.25, 0.3) is 0 Å². The second-order valence-electron chi connectivity index (χ2n) is 0.676. The number of aromatic nitrogens is 1. The van der Waals surface area contributed by atoms with Crippen molar-refractivity contribution in [1.29, 1.82) is 0 Å². The standard InChI is InChI=1S/C3H3NS.Bi/c1-2-5-3-4-1;/h1-3H;. The fourth-order valence-corrected chi connectivity index (χ4v) is 0.527. The molecule has 0 spiro atoms. The van der Waals surface area contributed by atoms with E-state index in [9.17, 15) is 0 Å². The maximum Gasteiger partial charge on any atom is 0.0791 e. The Hall–Kier alpha value is 0.513. The van der Waals surface area contributed by atoms with Gasteiger partial charge in [-0.05, 0) is 0 Å². The van der Waals surface area contributed by atoms with Crippen molar-refractivity contribution in [1.82, 2.24) is 4.98 Å². The number of thiazole rings is 1. The molecular weight excluding hydrogens is 291 g/mol. The molecule has 3 radical (unpaired) electrons. The van der Waals surface area contributed by atoms with Gasteiger partial charge in [-0.3, -0.25) is 4.98 Å². The third kappa shape index (κ3) is 1.83. The second-order valence-corrected chi connectivity index (χ2v) is 1.43. The molecule has 0 saturated heterocycles. The average molecular weight is 294 g/mol. The molecule has 1 nitrogen and oxygen atoms in total. The van der Waals surface area contributed by atoms with Crippen molar-refractivity contribution in [3.8, 4) is 0 Å². The number of hydrogen-bond donors (Lipinski definition) is 0. The van der Waals surface area contributed by atoms with Gasteiger partial charge in [-0.25, -0.2) is 0 Å². The summed E-state index contributed by atoms with van der Waals surface area (Å²) in [6.07, 6.45) is 1.77. The molecule has 0 fully saturated rings. The van der Waals surface area contributed by atoms with E-state index in [0.717, 1.165) is 0 Å². The van der Waals surface area contributed by atoms with E-state index in [1.54, 1.807) is 23.0 Å². The molecule has 0 saturated carbocycles. The first kappa shape index (κ1) is 6.51. The van der Waals surface area contributed by atoms with E-state index in [2.05, 4.69) is 4.98 Å². The molecule has 0 bridgehead atoms. The molecular formula is C3H3BiNS. The van der Waals surface area contributed by atoms with E-state index in [4.69, 9.17) is 0 Å². The summed E-state index contributed by atoms with van der Waals surface area (Å²) in [5, 5.41) is 1.93. The van der Waals surface area contributed by atoms with Crippen LogP contribution in [0, 0.1) is 0 Å². The summed E-state index contributed by atoms with van der Waals surface area (Å²) in [7, 11) is 0. The van der Waals surface area contributed by atoms with E-state index in [1.807, 2.05) is 5.38 Å². The van der Waals surface area contributed by atoms with Crippen LogP contribution in [0.15, 0.2) is 17.1 Å². The van der Waals surface area contributed by atoms with Crippen molar-refractivity contribution in [3.63, 3.8) is 0 Å². The zero-order valence-electron chi connectivity index (χ0n) is 3.03. The molecule has 0 aliphatic heterocycles. The molecule has 3 heteroatoms. The normalized spacial score (nSPS) is 6.67. The largest absolute Gasteiger partial charge is 0.253 e. The van der Waals surface area contributed by atoms with Crippen LogP contribution in [-0.2, 0) is 0 Å². The molecule has 1 aromatic heterocycles. The summed E-state index contributed by atoms with van der Waals surface area (Å²) in [4.78, 5) is 3.74. The molecule has 31 valence electrons. The minimum Gasteiger partial charge on any atom is -0.253 e. The minimum absolute atomic E-state index is 0. The fourth-order valence-electron chi connectivity index (χ4n) is 0.176. The topological polar surface area (TPSA) is 12.9 Å². The molecule has 0 aromatic carbocycles. The molecule has 0 aliphatic carbocycles. The van der Waals surface area contributed by atoms with Gasteiger partial charge in [0.1, 0.15) is 0 Å². The van der Waals surface area contributed by atoms with Crippen LogP contribution in [0.4, 0.5) is 0 Å². The predicted octanol–water partition coefficient (Wildman–Crippen LogP) is 0.762. The quantitative estimate of drug-likeness (QED) is 0.644. The van der Waals surface area contributed by atoms with E-state index >= 15 is 0 Å². The number of hydrogen-bond acceptors (Lipinski definition) is 2. The zero-order valence-corrected chi connectivity index (χ0v) is 7.33. The SMILES string of the molecule is [Bi].c1cscn1. The summed E-state index contributed by atoms with van der Waals surface area (Å²) in [5.41, 5.74) is 1.79. The minimum atomic E-state index is 0. The van der Waals surface area contributed by atoms with Gasteiger partial charge >= 0.3 is 0 Å². The first-order chi connectivity index (χ1) is 2.50. The number of rotatable bonds is 0. The summed E-state index contributed by atoms with van der Waals surface area (Å²) in [5.74, 6) is 0. The fraction of sp³-hybridized carbons (Fsp3) is 0. The molecule has 1 heterocycles. The van der Waals surface area contributed by atoms with Crippen LogP contribution in [0.1, 0.15) is 0 Å². The van der Waals surface area contributed by atoms with E-state index in [1.165, 1.54) is 0 Å². The van der Waals surface area contributed by atoms with Crippen molar-refractivity contribution in [2.24, 2.45) is 0 Å². The maximum absolute atomic E-state index is 3.74. The van der Waals surface area contributed by atoms with Gasteiger partial charge in [0.05, 0.1) is 5.51 Å². The van der Waals surface area contributed by atoms with Gasteiger partial charge in [0.15, 0.2) is 0 Å². The maximum atomic E-state index is 3.74. The van der Waals surface area contributed by atoms with Crippen LogP contribution in [0.5, 0.6) is 0 Å². The zero-order chi connectivity index (χ0) is 3.54. The van der Waals surface area contributed by atoms with E-state index < -0.39 is 0 Å². The molecule has 0 atom stereocenters. The molecule has 0 unspecified atom stereocenters. The Bertz CT molecular complexity index is 67.3. The van der Waals surface area contributed by atoms with Crippen LogP contribution in [0.3, 0.4) is 0 Å². The van der Waals surface area contributed by atoms with Gasteiger partial charge < -0.3 is 0 Å². The third-order valence-electron chi connectivity index (χ3n) is 0.347. The van der Waals surface area contributed by atoms with Gasteiger partial charge in [-0.1, -0.05) is 0 Å². The molecule has 6 heavy (non-hydrogen) atoms. The Morgan fingerprint density at radius 3 is 2.50 bits per heavy atom. The monoisotopic (exact) mass is 294 g/mol. The summed E-state index contributed by atoms with van der Waals surface area (Å²) in [6, 6.07) is 0. The van der Waals surface area contributed by atoms with Crippen LogP contribution in [-0.4, -0.2) is 31.2 Å². The molecule has 0 N–H and O–H groups in total. The molecule has 1 rings (SSSR count). The van der Waals surface area contributed by atoms with Crippen molar-refractivity contribution >= 4 is 37.5 Å². The molecule has 0 aliphatic rings. The second kappa shape index (κ2) is 3.69. The smallest absolute Gasteiger partial charge is 0.0791 e. The first-order valence-electron chi connectivity index (χ1n) is 1.32. The summed E-state index contributed by atoms with van der Waals surface area (Å²) in [6.45, 7) is 0. The van der Waals surface area contributed by atoms with Crippen LogP contribution in [0.25, 0.3) is 0 Å². The van der Waals surface area contributed by atoms with Crippen LogP contribution >= 0.6 is 11.3 Å².